The van der Waals surface area contributed by atoms with Crippen molar-refractivity contribution in [2.24, 2.45) is 0 Å². The van der Waals surface area contributed by atoms with E-state index in [2.05, 4.69) is 5.32 Å². The topological polar surface area (TPSA) is 55.1 Å². The maximum absolute atomic E-state index is 13.5. The molecule has 3 N–H and O–H groups in total. The van der Waals surface area contributed by atoms with E-state index in [1.54, 1.807) is 19.1 Å². The van der Waals surface area contributed by atoms with Crippen molar-refractivity contribution < 1.29 is 18.0 Å². The molecule has 6 heteroatoms. The summed E-state index contributed by atoms with van der Waals surface area (Å²) in [6.07, 6.45) is 0. The minimum absolute atomic E-state index is 0.231. The SMILES string of the molecule is Cc1ccc(N)cc1C(=O)Nc1ccc(F)c(F)c1F. The van der Waals surface area contributed by atoms with Crippen LogP contribution in [0.3, 0.4) is 0 Å². The second kappa shape index (κ2) is 5.24. The van der Waals surface area contributed by atoms with Crippen LogP contribution in [-0.2, 0) is 0 Å². The number of nitrogens with two attached hydrogens (primary N) is 1. The van der Waals surface area contributed by atoms with Crippen LogP contribution < -0.4 is 11.1 Å². The van der Waals surface area contributed by atoms with Gasteiger partial charge in [0.25, 0.3) is 5.91 Å². The highest BCUT2D eigenvalue weighted by molar-refractivity contribution is 6.05. The van der Waals surface area contributed by atoms with Gasteiger partial charge in [-0.15, -0.1) is 0 Å². The highest BCUT2D eigenvalue weighted by atomic mass is 19.2. The van der Waals surface area contributed by atoms with E-state index in [1.807, 2.05) is 0 Å². The molecule has 104 valence electrons. The third-order valence-electron chi connectivity index (χ3n) is 2.79. The van der Waals surface area contributed by atoms with Gasteiger partial charge in [-0.3, -0.25) is 4.79 Å². The smallest absolute Gasteiger partial charge is 0.256 e. The lowest BCUT2D eigenvalue weighted by Crippen LogP contribution is -2.15. The molecule has 0 radical (unpaired) electrons. The van der Waals surface area contributed by atoms with E-state index in [0.717, 1.165) is 12.1 Å². The van der Waals surface area contributed by atoms with Gasteiger partial charge in [0.05, 0.1) is 5.69 Å². The van der Waals surface area contributed by atoms with Gasteiger partial charge in [-0.05, 0) is 36.8 Å². The van der Waals surface area contributed by atoms with E-state index in [0.29, 0.717) is 11.3 Å². The number of halogens is 3. The summed E-state index contributed by atoms with van der Waals surface area (Å²) in [7, 11) is 0. The molecular formula is C14H11F3N2O. The Morgan fingerprint density at radius 2 is 1.80 bits per heavy atom. The van der Waals surface area contributed by atoms with Crippen LogP contribution in [0.2, 0.25) is 0 Å². The van der Waals surface area contributed by atoms with Crippen LogP contribution in [0, 0.1) is 24.4 Å². The average Bonchev–Trinajstić information content (AvgIpc) is 2.42. The zero-order chi connectivity index (χ0) is 14.9. The molecule has 0 unspecified atom stereocenters. The van der Waals surface area contributed by atoms with E-state index in [9.17, 15) is 18.0 Å². The van der Waals surface area contributed by atoms with Crippen LogP contribution in [0.1, 0.15) is 15.9 Å². The van der Waals surface area contributed by atoms with Crippen LogP contribution in [0.4, 0.5) is 24.5 Å². The standard InChI is InChI=1S/C14H11F3N2O/c1-7-2-3-8(18)6-9(7)14(20)19-11-5-4-10(15)12(16)13(11)17/h2-6H,18H2,1H3,(H,19,20). The second-order valence-corrected chi connectivity index (χ2v) is 4.25. The number of nitrogens with one attached hydrogen (secondary N) is 1. The summed E-state index contributed by atoms with van der Waals surface area (Å²) in [5.41, 5.74) is 6.36. The number of rotatable bonds is 2. The number of carbonyl (C=O) groups is 1. The van der Waals surface area contributed by atoms with Gasteiger partial charge in [-0.1, -0.05) is 6.07 Å². The van der Waals surface area contributed by atoms with Gasteiger partial charge in [0, 0.05) is 11.3 Å². The van der Waals surface area contributed by atoms with E-state index in [4.69, 9.17) is 5.73 Å². The summed E-state index contributed by atoms with van der Waals surface area (Å²) < 4.78 is 39.3. The number of aryl methyl sites for hydroxylation is 1. The Labute approximate surface area is 113 Å². The van der Waals surface area contributed by atoms with Gasteiger partial charge in [-0.25, -0.2) is 13.2 Å². The molecule has 0 aliphatic heterocycles. The lowest BCUT2D eigenvalue weighted by Gasteiger charge is -2.09. The Hall–Kier alpha value is -2.50. The van der Waals surface area contributed by atoms with Crippen molar-refractivity contribution in [2.45, 2.75) is 6.92 Å². The molecule has 2 aromatic carbocycles. The third-order valence-corrected chi connectivity index (χ3v) is 2.79. The number of amides is 1. The number of carbonyl (C=O) groups excluding carboxylic acids is 1. The largest absolute Gasteiger partial charge is 0.399 e. The summed E-state index contributed by atoms with van der Waals surface area (Å²) in [4.78, 5) is 12.0. The molecule has 1 amide bonds. The number of anilines is 2. The highest BCUT2D eigenvalue weighted by Crippen LogP contribution is 2.21. The predicted molar refractivity (Wildman–Crippen MR) is 69.9 cm³/mol. The fraction of sp³-hybridized carbons (Fsp3) is 0.0714. The van der Waals surface area contributed by atoms with Crippen molar-refractivity contribution in [1.29, 1.82) is 0 Å². The molecular weight excluding hydrogens is 269 g/mol. The first kappa shape index (κ1) is 13.9. The first-order valence-electron chi connectivity index (χ1n) is 5.71. The molecule has 0 bridgehead atoms. The molecule has 3 nitrogen and oxygen atoms in total. The van der Waals surface area contributed by atoms with Crippen LogP contribution in [0.25, 0.3) is 0 Å². The number of nitrogen functional groups attached to an aromatic ring is 1. The average molecular weight is 280 g/mol. The predicted octanol–water partition coefficient (Wildman–Crippen LogP) is 3.25. The number of hydrogen-bond acceptors (Lipinski definition) is 2. The van der Waals surface area contributed by atoms with Crippen molar-refractivity contribution in [2.75, 3.05) is 11.1 Å². The molecule has 2 rings (SSSR count). The van der Waals surface area contributed by atoms with E-state index >= 15 is 0 Å². The van der Waals surface area contributed by atoms with Crippen LogP contribution in [-0.4, -0.2) is 5.91 Å². The van der Waals surface area contributed by atoms with E-state index in [-0.39, 0.29) is 5.56 Å². The molecule has 2 aromatic rings. The molecule has 0 heterocycles. The maximum Gasteiger partial charge on any atom is 0.256 e. The Balaban J connectivity index is 2.33. The van der Waals surface area contributed by atoms with E-state index < -0.39 is 29.0 Å². The Kier molecular flexibility index (Phi) is 3.65. The zero-order valence-corrected chi connectivity index (χ0v) is 10.5. The van der Waals surface area contributed by atoms with Crippen LogP contribution in [0.5, 0.6) is 0 Å². The molecule has 20 heavy (non-hydrogen) atoms. The van der Waals surface area contributed by atoms with Crippen LogP contribution >= 0.6 is 0 Å². The molecule has 0 spiro atoms. The lowest BCUT2D eigenvalue weighted by molar-refractivity contribution is 0.102. The molecule has 0 aromatic heterocycles. The quantitative estimate of drug-likeness (QED) is 0.655. The maximum atomic E-state index is 13.5. The van der Waals surface area contributed by atoms with Gasteiger partial charge in [0.2, 0.25) is 0 Å². The van der Waals surface area contributed by atoms with Gasteiger partial charge >= 0.3 is 0 Å². The molecule has 0 saturated carbocycles. The van der Waals surface area contributed by atoms with Crippen molar-refractivity contribution >= 4 is 17.3 Å². The molecule has 0 aliphatic rings. The lowest BCUT2D eigenvalue weighted by atomic mass is 10.1. The minimum atomic E-state index is -1.63. The Morgan fingerprint density at radius 3 is 2.50 bits per heavy atom. The zero-order valence-electron chi connectivity index (χ0n) is 10.5. The molecule has 0 atom stereocenters. The van der Waals surface area contributed by atoms with Crippen molar-refractivity contribution in [3.63, 3.8) is 0 Å². The first-order valence-corrected chi connectivity index (χ1v) is 5.71. The summed E-state index contributed by atoms with van der Waals surface area (Å²) in [5.74, 6) is -5.05. The molecule has 0 fully saturated rings. The Morgan fingerprint density at radius 1 is 1.10 bits per heavy atom. The number of benzene rings is 2. The van der Waals surface area contributed by atoms with Crippen molar-refractivity contribution in [3.8, 4) is 0 Å². The fourth-order valence-corrected chi connectivity index (χ4v) is 1.70. The van der Waals surface area contributed by atoms with Crippen LogP contribution in [0.15, 0.2) is 30.3 Å². The first-order chi connectivity index (χ1) is 9.40. The van der Waals surface area contributed by atoms with Gasteiger partial charge < -0.3 is 11.1 Å². The van der Waals surface area contributed by atoms with Gasteiger partial charge in [0.15, 0.2) is 17.5 Å². The highest BCUT2D eigenvalue weighted by Gasteiger charge is 2.17. The summed E-state index contributed by atoms with van der Waals surface area (Å²) in [6.45, 7) is 1.68. The minimum Gasteiger partial charge on any atom is -0.399 e. The van der Waals surface area contributed by atoms with E-state index in [1.165, 1.54) is 6.07 Å². The van der Waals surface area contributed by atoms with Gasteiger partial charge in [-0.2, -0.15) is 0 Å². The molecule has 0 aliphatic carbocycles. The normalized spacial score (nSPS) is 10.4. The summed E-state index contributed by atoms with van der Waals surface area (Å²) >= 11 is 0. The van der Waals surface area contributed by atoms with Crippen molar-refractivity contribution in [1.82, 2.24) is 0 Å². The Bertz CT molecular complexity index is 686. The monoisotopic (exact) mass is 280 g/mol. The second-order valence-electron chi connectivity index (χ2n) is 4.25. The van der Waals surface area contributed by atoms with Gasteiger partial charge in [0.1, 0.15) is 0 Å². The third kappa shape index (κ3) is 2.59. The summed E-state index contributed by atoms with van der Waals surface area (Å²) in [6, 6.07) is 6.35. The molecule has 0 saturated heterocycles. The fourth-order valence-electron chi connectivity index (χ4n) is 1.70. The van der Waals surface area contributed by atoms with Crippen molar-refractivity contribution in [3.05, 3.63) is 58.9 Å². The summed E-state index contributed by atoms with van der Waals surface area (Å²) in [5, 5.41) is 2.19. The number of hydrogen-bond donors (Lipinski definition) is 2.